The van der Waals surface area contributed by atoms with Crippen LogP contribution in [0.1, 0.15) is 31.7 Å². The Labute approximate surface area is 199 Å². The molecule has 0 saturated carbocycles. The van der Waals surface area contributed by atoms with Crippen molar-refractivity contribution in [2.75, 3.05) is 51.3 Å². The molecular weight excluding hydrogens is 410 g/mol. The number of nitrogens with zero attached hydrogens (tertiary/aromatic N) is 3. The number of guanidine groups is 1. The topological polar surface area (TPSA) is 52.1 Å². The summed E-state index contributed by atoms with van der Waals surface area (Å²) in [7, 11) is 1.73. The number of methoxy groups -OCH3 is 1. The van der Waals surface area contributed by atoms with Crippen LogP contribution in [0.3, 0.4) is 0 Å². The molecule has 4 rings (SSSR count). The molecule has 2 aliphatic heterocycles. The van der Waals surface area contributed by atoms with Gasteiger partial charge < -0.3 is 20.3 Å². The minimum Gasteiger partial charge on any atom is -0.497 e. The van der Waals surface area contributed by atoms with Crippen LogP contribution in [0, 0.1) is 5.92 Å². The second-order valence-corrected chi connectivity index (χ2v) is 9.20. The highest BCUT2D eigenvalue weighted by atomic mass is 16.5. The third-order valence-electron chi connectivity index (χ3n) is 6.73. The number of nitrogens with one attached hydrogen (secondary N) is 2. The summed E-state index contributed by atoms with van der Waals surface area (Å²) >= 11 is 0. The lowest BCUT2D eigenvalue weighted by Gasteiger charge is -2.33. The number of aliphatic imine (C=N–C) groups is 1. The van der Waals surface area contributed by atoms with Crippen molar-refractivity contribution in [2.24, 2.45) is 10.9 Å². The Morgan fingerprint density at radius 1 is 1.03 bits per heavy atom. The van der Waals surface area contributed by atoms with E-state index in [1.807, 2.05) is 6.07 Å². The van der Waals surface area contributed by atoms with Crippen molar-refractivity contribution in [3.63, 3.8) is 0 Å². The van der Waals surface area contributed by atoms with Crippen LogP contribution in [0.25, 0.3) is 0 Å². The van der Waals surface area contributed by atoms with E-state index >= 15 is 0 Å². The third-order valence-corrected chi connectivity index (χ3v) is 6.73. The Morgan fingerprint density at radius 2 is 1.85 bits per heavy atom. The van der Waals surface area contributed by atoms with Crippen LogP contribution < -0.4 is 20.3 Å². The van der Waals surface area contributed by atoms with Crippen LogP contribution in [-0.2, 0) is 6.54 Å². The largest absolute Gasteiger partial charge is 0.497 e. The highest BCUT2D eigenvalue weighted by Gasteiger charge is 2.24. The fourth-order valence-electron chi connectivity index (χ4n) is 4.83. The Morgan fingerprint density at radius 3 is 2.61 bits per heavy atom. The van der Waals surface area contributed by atoms with Gasteiger partial charge in [0.2, 0.25) is 0 Å². The molecule has 2 aromatic rings. The fourth-order valence-corrected chi connectivity index (χ4v) is 4.83. The van der Waals surface area contributed by atoms with Gasteiger partial charge in [-0.25, -0.2) is 0 Å². The van der Waals surface area contributed by atoms with Gasteiger partial charge in [-0.2, -0.15) is 0 Å². The molecule has 2 aromatic carbocycles. The maximum atomic E-state index is 5.39. The molecule has 2 fully saturated rings. The number of ether oxygens (including phenoxy) is 1. The van der Waals surface area contributed by atoms with Crippen LogP contribution in [0.2, 0.25) is 0 Å². The van der Waals surface area contributed by atoms with Crippen molar-refractivity contribution in [1.29, 1.82) is 0 Å². The van der Waals surface area contributed by atoms with E-state index in [4.69, 9.17) is 9.73 Å². The van der Waals surface area contributed by atoms with Crippen molar-refractivity contribution >= 4 is 11.6 Å². The molecule has 0 spiro atoms. The van der Waals surface area contributed by atoms with E-state index in [2.05, 4.69) is 75.9 Å². The van der Waals surface area contributed by atoms with E-state index < -0.39 is 0 Å². The Hall–Kier alpha value is -2.73. The Balaban J connectivity index is 1.24. The van der Waals surface area contributed by atoms with Crippen LogP contribution in [0.15, 0.2) is 59.6 Å². The SMILES string of the molecule is CCNC(=NCC1CCN(c2cccc(OC)c2)C1)NC1CCN(Cc2ccccc2)CC1. The second kappa shape index (κ2) is 11.9. The number of rotatable bonds is 8. The molecule has 6 heteroatoms. The van der Waals surface area contributed by atoms with Gasteiger partial charge in [-0.15, -0.1) is 0 Å². The van der Waals surface area contributed by atoms with Gasteiger partial charge in [0.1, 0.15) is 5.75 Å². The predicted octanol–water partition coefficient (Wildman–Crippen LogP) is 3.74. The summed E-state index contributed by atoms with van der Waals surface area (Å²) in [5.41, 5.74) is 2.64. The zero-order chi connectivity index (χ0) is 22.9. The average molecular weight is 450 g/mol. The summed E-state index contributed by atoms with van der Waals surface area (Å²) in [6.45, 7) is 9.33. The number of anilines is 1. The molecule has 0 aromatic heterocycles. The lowest BCUT2D eigenvalue weighted by atomic mass is 10.0. The van der Waals surface area contributed by atoms with Crippen LogP contribution in [0.4, 0.5) is 5.69 Å². The minimum atomic E-state index is 0.492. The second-order valence-electron chi connectivity index (χ2n) is 9.20. The highest BCUT2D eigenvalue weighted by Crippen LogP contribution is 2.27. The molecule has 33 heavy (non-hydrogen) atoms. The van der Waals surface area contributed by atoms with E-state index in [0.717, 1.165) is 70.4 Å². The summed E-state index contributed by atoms with van der Waals surface area (Å²) in [6.07, 6.45) is 3.49. The molecule has 6 nitrogen and oxygen atoms in total. The Kier molecular flexibility index (Phi) is 8.47. The molecule has 0 radical (unpaired) electrons. The molecular formula is C27H39N5O. The minimum absolute atomic E-state index is 0.492. The number of benzene rings is 2. The lowest BCUT2D eigenvalue weighted by Crippen LogP contribution is -2.48. The molecule has 0 aliphatic carbocycles. The quantitative estimate of drug-likeness (QED) is 0.475. The van der Waals surface area contributed by atoms with E-state index in [9.17, 15) is 0 Å². The molecule has 2 N–H and O–H groups in total. The van der Waals surface area contributed by atoms with Gasteiger partial charge in [0.15, 0.2) is 5.96 Å². The normalized spacial score (nSPS) is 20.1. The summed E-state index contributed by atoms with van der Waals surface area (Å²) in [5, 5.41) is 7.16. The molecule has 0 bridgehead atoms. The van der Waals surface area contributed by atoms with Gasteiger partial charge in [0.05, 0.1) is 7.11 Å². The van der Waals surface area contributed by atoms with Gasteiger partial charge in [-0.1, -0.05) is 36.4 Å². The van der Waals surface area contributed by atoms with Crippen molar-refractivity contribution in [3.8, 4) is 5.75 Å². The van der Waals surface area contributed by atoms with Crippen LogP contribution in [0.5, 0.6) is 5.75 Å². The summed E-state index contributed by atoms with van der Waals surface area (Å²) in [6, 6.07) is 19.6. The first-order valence-corrected chi connectivity index (χ1v) is 12.4. The maximum absolute atomic E-state index is 5.39. The zero-order valence-electron chi connectivity index (χ0n) is 20.2. The molecule has 0 amide bonds. The molecule has 1 atom stereocenters. The Bertz CT molecular complexity index is 879. The predicted molar refractivity (Wildman–Crippen MR) is 137 cm³/mol. The molecule has 2 aliphatic rings. The monoisotopic (exact) mass is 449 g/mol. The number of likely N-dealkylation sites (tertiary alicyclic amines) is 1. The smallest absolute Gasteiger partial charge is 0.191 e. The van der Waals surface area contributed by atoms with Gasteiger partial charge >= 0.3 is 0 Å². The highest BCUT2D eigenvalue weighted by molar-refractivity contribution is 5.80. The first-order chi connectivity index (χ1) is 16.2. The average Bonchev–Trinajstić information content (AvgIpc) is 3.34. The molecule has 1 unspecified atom stereocenters. The fraction of sp³-hybridized carbons (Fsp3) is 0.519. The van der Waals surface area contributed by atoms with E-state index in [1.54, 1.807) is 7.11 Å². The summed E-state index contributed by atoms with van der Waals surface area (Å²) < 4.78 is 5.39. The first-order valence-electron chi connectivity index (χ1n) is 12.4. The third kappa shape index (κ3) is 6.87. The van der Waals surface area contributed by atoms with Crippen LogP contribution in [-0.4, -0.2) is 63.3 Å². The lowest BCUT2D eigenvalue weighted by molar-refractivity contribution is 0.198. The maximum Gasteiger partial charge on any atom is 0.191 e. The van der Waals surface area contributed by atoms with Gasteiger partial charge in [0, 0.05) is 63.6 Å². The standard InChI is InChI=1S/C27H39N5O/c1-3-28-27(30-24-13-15-31(16-14-24)20-22-8-5-4-6-9-22)29-19-23-12-17-32(21-23)25-10-7-11-26(18-25)33-2/h4-11,18,23-24H,3,12-17,19-21H2,1-2H3,(H2,28,29,30). The number of hydrogen-bond acceptors (Lipinski definition) is 4. The molecule has 178 valence electrons. The molecule has 2 heterocycles. The summed E-state index contributed by atoms with van der Waals surface area (Å²) in [5.74, 6) is 2.47. The van der Waals surface area contributed by atoms with Crippen molar-refractivity contribution < 1.29 is 4.74 Å². The zero-order valence-corrected chi connectivity index (χ0v) is 20.2. The van der Waals surface area contributed by atoms with Gasteiger partial charge in [0.25, 0.3) is 0 Å². The van der Waals surface area contributed by atoms with Crippen molar-refractivity contribution in [2.45, 2.75) is 38.8 Å². The van der Waals surface area contributed by atoms with Crippen LogP contribution >= 0.6 is 0 Å². The van der Waals surface area contributed by atoms with Gasteiger partial charge in [-0.3, -0.25) is 9.89 Å². The first kappa shape index (κ1) is 23.4. The van der Waals surface area contributed by atoms with E-state index in [1.165, 1.54) is 17.7 Å². The van der Waals surface area contributed by atoms with E-state index in [0.29, 0.717) is 12.0 Å². The van der Waals surface area contributed by atoms with Crippen molar-refractivity contribution in [3.05, 3.63) is 60.2 Å². The number of hydrogen-bond donors (Lipinski definition) is 2. The van der Waals surface area contributed by atoms with E-state index in [-0.39, 0.29) is 0 Å². The van der Waals surface area contributed by atoms with Gasteiger partial charge in [-0.05, 0) is 49.8 Å². The molecule has 2 saturated heterocycles. The summed E-state index contributed by atoms with van der Waals surface area (Å²) in [4.78, 5) is 9.98. The number of piperidine rings is 1. The van der Waals surface area contributed by atoms with Crippen molar-refractivity contribution in [1.82, 2.24) is 15.5 Å².